The molecule has 0 spiro atoms. The normalized spacial score (nSPS) is 14.9. The van der Waals surface area contributed by atoms with Crippen molar-refractivity contribution in [2.45, 2.75) is 18.8 Å². The number of methoxy groups -OCH3 is 3. The lowest BCUT2D eigenvalue weighted by atomic mass is 9.97. The van der Waals surface area contributed by atoms with Crippen molar-refractivity contribution in [3.63, 3.8) is 0 Å². The minimum absolute atomic E-state index is 0.0106. The van der Waals surface area contributed by atoms with Crippen LogP contribution in [0.1, 0.15) is 29.3 Å². The van der Waals surface area contributed by atoms with Gasteiger partial charge in [0.2, 0.25) is 11.7 Å². The van der Waals surface area contributed by atoms with Crippen LogP contribution < -0.4 is 14.2 Å². The van der Waals surface area contributed by atoms with Gasteiger partial charge < -0.3 is 19.1 Å². The molecule has 0 atom stereocenters. The van der Waals surface area contributed by atoms with E-state index in [1.54, 1.807) is 44.8 Å². The van der Waals surface area contributed by atoms with Gasteiger partial charge in [0, 0.05) is 25.1 Å². The van der Waals surface area contributed by atoms with Gasteiger partial charge in [-0.25, -0.2) is 4.98 Å². The van der Waals surface area contributed by atoms with Gasteiger partial charge in [-0.05, 0) is 48.7 Å². The van der Waals surface area contributed by atoms with Crippen molar-refractivity contribution in [3.05, 3.63) is 53.0 Å². The molecule has 1 saturated heterocycles. The van der Waals surface area contributed by atoms with Crippen LogP contribution in [0.2, 0.25) is 0 Å². The van der Waals surface area contributed by atoms with Crippen molar-refractivity contribution in [2.24, 2.45) is 0 Å². The number of rotatable bonds is 6. The highest BCUT2D eigenvalue weighted by Gasteiger charge is 2.25. The fraction of sp³-hybridized carbons (Fsp3) is 0.333. The predicted octanol–water partition coefficient (Wildman–Crippen LogP) is 4.74. The van der Waals surface area contributed by atoms with Crippen LogP contribution >= 0.6 is 11.3 Å². The molecule has 1 amide bonds. The summed E-state index contributed by atoms with van der Waals surface area (Å²) in [5.74, 6) is 2.08. The summed E-state index contributed by atoms with van der Waals surface area (Å²) in [4.78, 5) is 19.4. The maximum Gasteiger partial charge on any atom is 0.246 e. The van der Waals surface area contributed by atoms with Gasteiger partial charge in [-0.15, -0.1) is 11.3 Å². The lowest BCUT2D eigenvalue weighted by Gasteiger charge is -2.30. The Morgan fingerprint density at radius 1 is 1.06 bits per heavy atom. The molecule has 3 aromatic rings. The monoisotopic (exact) mass is 438 g/mol. The van der Waals surface area contributed by atoms with E-state index in [9.17, 15) is 4.79 Å². The van der Waals surface area contributed by atoms with Gasteiger partial charge in [-0.2, -0.15) is 0 Å². The predicted molar refractivity (Wildman–Crippen MR) is 123 cm³/mol. The van der Waals surface area contributed by atoms with E-state index in [0.29, 0.717) is 23.2 Å². The van der Waals surface area contributed by atoms with E-state index in [4.69, 9.17) is 19.2 Å². The number of aromatic nitrogens is 1. The first-order valence-electron chi connectivity index (χ1n) is 10.3. The average Bonchev–Trinajstić information content (AvgIpc) is 3.26. The van der Waals surface area contributed by atoms with Gasteiger partial charge >= 0.3 is 0 Å². The summed E-state index contributed by atoms with van der Waals surface area (Å²) >= 11 is 1.77. The van der Waals surface area contributed by atoms with Gasteiger partial charge in [-0.3, -0.25) is 4.79 Å². The molecule has 0 unspecified atom stereocenters. The molecule has 0 radical (unpaired) electrons. The average molecular weight is 439 g/mol. The SMILES string of the molecule is COc1cc(/C=C/C(=O)N2CCC(c3nc4ccccc4s3)CC2)cc(OC)c1OC. The highest BCUT2D eigenvalue weighted by atomic mass is 32.1. The molecule has 0 saturated carbocycles. The van der Waals surface area contributed by atoms with E-state index in [-0.39, 0.29) is 5.91 Å². The van der Waals surface area contributed by atoms with Crippen LogP contribution in [-0.4, -0.2) is 50.2 Å². The van der Waals surface area contributed by atoms with Crippen LogP contribution in [0.25, 0.3) is 16.3 Å². The number of para-hydroxylation sites is 1. The summed E-state index contributed by atoms with van der Waals surface area (Å²) in [6.07, 6.45) is 5.26. The van der Waals surface area contributed by atoms with E-state index in [2.05, 4.69) is 12.1 Å². The number of carbonyl (C=O) groups is 1. The maximum atomic E-state index is 12.7. The third kappa shape index (κ3) is 4.51. The zero-order valence-corrected chi connectivity index (χ0v) is 18.8. The number of amides is 1. The number of nitrogens with zero attached hydrogens (tertiary/aromatic N) is 2. The van der Waals surface area contributed by atoms with Crippen molar-refractivity contribution < 1.29 is 19.0 Å². The highest BCUT2D eigenvalue weighted by molar-refractivity contribution is 7.18. The first kappa shape index (κ1) is 21.2. The first-order valence-corrected chi connectivity index (χ1v) is 11.1. The van der Waals surface area contributed by atoms with Crippen LogP contribution in [0, 0.1) is 0 Å². The molecule has 6 nitrogen and oxygen atoms in total. The van der Waals surface area contributed by atoms with Crippen molar-refractivity contribution >= 4 is 33.5 Å². The number of ether oxygens (including phenoxy) is 3. The molecule has 1 aliphatic rings. The van der Waals surface area contributed by atoms with Crippen LogP contribution in [-0.2, 0) is 4.79 Å². The number of fused-ring (bicyclic) bond motifs is 1. The van der Waals surface area contributed by atoms with Gasteiger partial charge in [0.15, 0.2) is 11.5 Å². The molecule has 1 fully saturated rings. The summed E-state index contributed by atoms with van der Waals surface area (Å²) < 4.78 is 17.3. The summed E-state index contributed by atoms with van der Waals surface area (Å²) in [5.41, 5.74) is 1.88. The molecule has 2 aromatic carbocycles. The summed E-state index contributed by atoms with van der Waals surface area (Å²) in [5, 5.41) is 1.18. The van der Waals surface area contributed by atoms with Gasteiger partial charge in [0.1, 0.15) is 0 Å². The Morgan fingerprint density at radius 2 is 1.74 bits per heavy atom. The van der Waals surface area contributed by atoms with Crippen molar-refractivity contribution in [3.8, 4) is 17.2 Å². The molecular formula is C24H26N2O4S. The summed E-state index contributed by atoms with van der Waals surface area (Å²) in [6, 6.07) is 11.9. The van der Waals surface area contributed by atoms with Crippen molar-refractivity contribution in [2.75, 3.05) is 34.4 Å². The van der Waals surface area contributed by atoms with Gasteiger partial charge in [-0.1, -0.05) is 12.1 Å². The molecular weight excluding hydrogens is 412 g/mol. The Balaban J connectivity index is 1.40. The third-order valence-corrected chi connectivity index (χ3v) is 6.77. The van der Waals surface area contributed by atoms with E-state index >= 15 is 0 Å². The number of carbonyl (C=O) groups excluding carboxylic acids is 1. The molecule has 31 heavy (non-hydrogen) atoms. The largest absolute Gasteiger partial charge is 0.493 e. The number of likely N-dealkylation sites (tertiary alicyclic amines) is 1. The number of thiazole rings is 1. The molecule has 1 aliphatic heterocycles. The molecule has 1 aromatic heterocycles. The highest BCUT2D eigenvalue weighted by Crippen LogP contribution is 2.38. The first-order chi connectivity index (χ1) is 15.1. The second-order valence-corrected chi connectivity index (χ2v) is 8.47. The maximum absolute atomic E-state index is 12.7. The zero-order valence-electron chi connectivity index (χ0n) is 18.0. The molecule has 0 N–H and O–H groups in total. The fourth-order valence-electron chi connectivity index (χ4n) is 3.88. The second-order valence-electron chi connectivity index (χ2n) is 7.41. The summed E-state index contributed by atoms with van der Waals surface area (Å²) in [6.45, 7) is 1.47. The van der Waals surface area contributed by atoms with Gasteiger partial charge in [0.25, 0.3) is 0 Å². The van der Waals surface area contributed by atoms with Gasteiger partial charge in [0.05, 0.1) is 36.6 Å². The van der Waals surface area contributed by atoms with Crippen molar-refractivity contribution in [1.82, 2.24) is 9.88 Å². The number of hydrogen-bond donors (Lipinski definition) is 0. The molecule has 7 heteroatoms. The molecule has 2 heterocycles. The quantitative estimate of drug-likeness (QED) is 0.520. The lowest BCUT2D eigenvalue weighted by Crippen LogP contribution is -2.36. The molecule has 162 valence electrons. The van der Waals surface area contributed by atoms with E-state index in [1.807, 2.05) is 29.2 Å². The smallest absolute Gasteiger partial charge is 0.246 e. The lowest BCUT2D eigenvalue weighted by molar-refractivity contribution is -0.126. The standard InChI is InChI=1S/C24H26N2O4S/c1-28-19-14-16(15-20(29-2)23(19)30-3)8-9-22(27)26-12-10-17(11-13-26)24-25-18-6-4-5-7-21(18)31-24/h4-9,14-15,17H,10-13H2,1-3H3/b9-8+. The summed E-state index contributed by atoms with van der Waals surface area (Å²) in [7, 11) is 4.72. The molecule has 4 rings (SSSR count). The van der Waals surface area contributed by atoms with E-state index in [0.717, 1.165) is 37.0 Å². The fourth-order valence-corrected chi connectivity index (χ4v) is 5.02. The Hall–Kier alpha value is -3.06. The van der Waals surface area contributed by atoms with Crippen LogP contribution in [0.15, 0.2) is 42.5 Å². The Morgan fingerprint density at radius 3 is 2.35 bits per heavy atom. The Bertz CT molecular complexity index is 1040. The van der Waals surface area contributed by atoms with Crippen molar-refractivity contribution in [1.29, 1.82) is 0 Å². The Kier molecular flexibility index (Phi) is 6.42. The topological polar surface area (TPSA) is 60.9 Å². The Labute approximate surface area is 186 Å². The van der Waals surface area contributed by atoms with Crippen LogP contribution in [0.3, 0.4) is 0 Å². The minimum atomic E-state index is 0.0106. The van der Waals surface area contributed by atoms with Crippen LogP contribution in [0.4, 0.5) is 0 Å². The number of benzene rings is 2. The number of hydrogen-bond acceptors (Lipinski definition) is 6. The molecule has 0 bridgehead atoms. The van der Waals surface area contributed by atoms with E-state index in [1.165, 1.54) is 9.71 Å². The zero-order chi connectivity index (χ0) is 21.8. The van der Waals surface area contributed by atoms with Crippen LogP contribution in [0.5, 0.6) is 17.2 Å². The number of piperidine rings is 1. The van der Waals surface area contributed by atoms with E-state index < -0.39 is 0 Å². The minimum Gasteiger partial charge on any atom is -0.493 e. The third-order valence-electron chi connectivity index (χ3n) is 5.57. The second kappa shape index (κ2) is 9.39. The molecule has 0 aliphatic carbocycles.